The number of nitrogens with one attached hydrogen (secondary N) is 1. The summed E-state index contributed by atoms with van der Waals surface area (Å²) in [5.41, 5.74) is 2.00. The normalized spacial score (nSPS) is 12.6. The molecular formula is C24H24N2O6S. The van der Waals surface area contributed by atoms with Crippen molar-refractivity contribution in [3.05, 3.63) is 77.9 Å². The van der Waals surface area contributed by atoms with Gasteiger partial charge in [-0.15, -0.1) is 0 Å². The Labute approximate surface area is 192 Å². The number of anilines is 1. The van der Waals surface area contributed by atoms with Crippen molar-refractivity contribution in [1.82, 2.24) is 4.31 Å². The predicted octanol–water partition coefficient (Wildman–Crippen LogP) is 3.56. The Kier molecular flexibility index (Phi) is 6.52. The maximum absolute atomic E-state index is 13.6. The Morgan fingerprint density at radius 2 is 1.79 bits per heavy atom. The van der Waals surface area contributed by atoms with Crippen LogP contribution in [0, 0.1) is 6.92 Å². The molecule has 9 heteroatoms. The van der Waals surface area contributed by atoms with Crippen LogP contribution < -0.4 is 19.5 Å². The number of rotatable bonds is 8. The zero-order chi connectivity index (χ0) is 23.4. The Morgan fingerprint density at radius 3 is 2.55 bits per heavy atom. The van der Waals surface area contributed by atoms with E-state index in [1.54, 1.807) is 43.3 Å². The molecule has 172 valence electrons. The van der Waals surface area contributed by atoms with Gasteiger partial charge in [-0.3, -0.25) is 4.79 Å². The third-order valence-electron chi connectivity index (χ3n) is 5.11. The van der Waals surface area contributed by atoms with Crippen molar-refractivity contribution >= 4 is 21.6 Å². The Hall–Kier alpha value is -3.56. The number of hydrogen-bond acceptors (Lipinski definition) is 6. The lowest BCUT2D eigenvalue weighted by Crippen LogP contribution is -2.37. The van der Waals surface area contributed by atoms with Gasteiger partial charge in [0.1, 0.15) is 10.6 Å². The van der Waals surface area contributed by atoms with Crippen molar-refractivity contribution < 1.29 is 27.4 Å². The highest BCUT2D eigenvalue weighted by molar-refractivity contribution is 7.89. The van der Waals surface area contributed by atoms with E-state index in [-0.39, 0.29) is 30.5 Å². The molecule has 0 spiro atoms. The molecule has 1 aliphatic rings. The standard InChI is InChI=1S/C24H24N2O6S/c1-17-8-10-21(30-2)23(12-17)33(28,29)26(14-18-6-4-3-5-7-18)15-24(27)25-19-9-11-20-22(13-19)32-16-31-20/h3-13H,14-16H2,1-2H3,(H,25,27). The minimum absolute atomic E-state index is 0.0109. The minimum Gasteiger partial charge on any atom is -0.495 e. The summed E-state index contributed by atoms with van der Waals surface area (Å²) in [5.74, 6) is 0.841. The van der Waals surface area contributed by atoms with E-state index in [9.17, 15) is 13.2 Å². The van der Waals surface area contributed by atoms with Crippen LogP contribution in [0.5, 0.6) is 17.2 Å². The number of benzene rings is 3. The highest BCUT2D eigenvalue weighted by Crippen LogP contribution is 2.34. The molecule has 1 heterocycles. The molecule has 0 radical (unpaired) electrons. The van der Waals surface area contributed by atoms with Gasteiger partial charge in [-0.2, -0.15) is 4.31 Å². The van der Waals surface area contributed by atoms with Crippen molar-refractivity contribution in [3.63, 3.8) is 0 Å². The van der Waals surface area contributed by atoms with E-state index in [1.165, 1.54) is 7.11 Å². The van der Waals surface area contributed by atoms with Crippen LogP contribution in [0.15, 0.2) is 71.6 Å². The quantitative estimate of drug-likeness (QED) is 0.543. The zero-order valence-corrected chi connectivity index (χ0v) is 19.1. The molecule has 1 N–H and O–H groups in total. The second kappa shape index (κ2) is 9.51. The topological polar surface area (TPSA) is 94.2 Å². The maximum atomic E-state index is 13.6. The Morgan fingerprint density at radius 1 is 1.03 bits per heavy atom. The number of fused-ring (bicyclic) bond motifs is 1. The van der Waals surface area contributed by atoms with E-state index in [0.29, 0.717) is 17.2 Å². The Bertz CT molecular complexity index is 1260. The molecule has 0 saturated carbocycles. The average molecular weight is 469 g/mol. The first kappa shape index (κ1) is 22.6. The number of nitrogens with zero attached hydrogens (tertiary/aromatic N) is 1. The van der Waals surface area contributed by atoms with Gasteiger partial charge in [-0.25, -0.2) is 8.42 Å². The van der Waals surface area contributed by atoms with Gasteiger partial charge in [0.15, 0.2) is 11.5 Å². The summed E-state index contributed by atoms with van der Waals surface area (Å²) in [4.78, 5) is 12.9. The van der Waals surface area contributed by atoms with Crippen LogP contribution in [-0.4, -0.2) is 39.1 Å². The zero-order valence-electron chi connectivity index (χ0n) is 18.3. The minimum atomic E-state index is -4.06. The molecule has 0 fully saturated rings. The number of ether oxygens (including phenoxy) is 3. The molecular weight excluding hydrogens is 444 g/mol. The number of hydrogen-bond donors (Lipinski definition) is 1. The van der Waals surface area contributed by atoms with Gasteiger partial charge in [0.2, 0.25) is 22.7 Å². The van der Waals surface area contributed by atoms with E-state index in [1.807, 2.05) is 30.3 Å². The monoisotopic (exact) mass is 468 g/mol. The first-order chi connectivity index (χ1) is 15.9. The third kappa shape index (κ3) is 5.10. The fourth-order valence-corrected chi connectivity index (χ4v) is 5.10. The molecule has 3 aromatic carbocycles. The van der Waals surface area contributed by atoms with Crippen LogP contribution in [0.1, 0.15) is 11.1 Å². The van der Waals surface area contributed by atoms with E-state index >= 15 is 0 Å². The molecule has 0 bridgehead atoms. The second-order valence-electron chi connectivity index (χ2n) is 7.53. The van der Waals surface area contributed by atoms with Crippen molar-refractivity contribution in [2.75, 3.05) is 25.8 Å². The van der Waals surface area contributed by atoms with Gasteiger partial charge in [0.05, 0.1) is 13.7 Å². The van der Waals surface area contributed by atoms with Gasteiger partial charge in [0, 0.05) is 18.3 Å². The summed E-state index contributed by atoms with van der Waals surface area (Å²) in [6.07, 6.45) is 0. The number of aryl methyl sites for hydroxylation is 1. The van der Waals surface area contributed by atoms with E-state index < -0.39 is 15.9 Å². The van der Waals surface area contributed by atoms with Crippen molar-refractivity contribution in [3.8, 4) is 17.2 Å². The molecule has 33 heavy (non-hydrogen) atoms. The molecule has 0 unspecified atom stereocenters. The SMILES string of the molecule is COc1ccc(C)cc1S(=O)(=O)N(CC(=O)Nc1ccc2c(c1)OCO2)Cc1ccccc1. The van der Waals surface area contributed by atoms with Crippen LogP contribution in [0.4, 0.5) is 5.69 Å². The van der Waals surface area contributed by atoms with Crippen LogP contribution in [0.3, 0.4) is 0 Å². The number of carbonyl (C=O) groups excluding carboxylic acids is 1. The van der Waals surface area contributed by atoms with Gasteiger partial charge in [-0.05, 0) is 42.3 Å². The lowest BCUT2D eigenvalue weighted by atomic mass is 10.2. The van der Waals surface area contributed by atoms with Crippen LogP contribution in [-0.2, 0) is 21.4 Å². The summed E-state index contributed by atoms with van der Waals surface area (Å²) >= 11 is 0. The fourth-order valence-electron chi connectivity index (χ4n) is 3.47. The maximum Gasteiger partial charge on any atom is 0.247 e. The fraction of sp³-hybridized carbons (Fsp3) is 0.208. The number of methoxy groups -OCH3 is 1. The summed E-state index contributed by atoms with van der Waals surface area (Å²) in [6, 6.07) is 19.0. The molecule has 0 aromatic heterocycles. The lowest BCUT2D eigenvalue weighted by molar-refractivity contribution is -0.116. The number of amides is 1. The second-order valence-corrected chi connectivity index (χ2v) is 9.44. The summed E-state index contributed by atoms with van der Waals surface area (Å²) in [6.45, 7) is 1.55. The average Bonchev–Trinajstić information content (AvgIpc) is 3.27. The first-order valence-electron chi connectivity index (χ1n) is 10.2. The van der Waals surface area contributed by atoms with Crippen molar-refractivity contribution in [2.45, 2.75) is 18.4 Å². The van der Waals surface area contributed by atoms with Gasteiger partial charge >= 0.3 is 0 Å². The molecule has 1 amide bonds. The predicted molar refractivity (Wildman–Crippen MR) is 123 cm³/mol. The van der Waals surface area contributed by atoms with Gasteiger partial charge in [-0.1, -0.05) is 36.4 Å². The van der Waals surface area contributed by atoms with Gasteiger partial charge in [0.25, 0.3) is 0 Å². The molecule has 0 saturated heterocycles. The Balaban J connectivity index is 1.62. The summed E-state index contributed by atoms with van der Waals surface area (Å²) in [7, 11) is -2.64. The largest absolute Gasteiger partial charge is 0.495 e. The molecule has 3 aromatic rings. The molecule has 4 rings (SSSR count). The first-order valence-corrected chi connectivity index (χ1v) is 11.7. The van der Waals surface area contributed by atoms with Crippen molar-refractivity contribution in [1.29, 1.82) is 0 Å². The summed E-state index contributed by atoms with van der Waals surface area (Å²) in [5, 5.41) is 2.74. The molecule has 0 atom stereocenters. The van der Waals surface area contributed by atoms with Gasteiger partial charge < -0.3 is 19.5 Å². The van der Waals surface area contributed by atoms with E-state index in [2.05, 4.69) is 5.32 Å². The summed E-state index contributed by atoms with van der Waals surface area (Å²) < 4.78 is 44.3. The third-order valence-corrected chi connectivity index (χ3v) is 6.93. The molecule has 1 aliphatic heterocycles. The van der Waals surface area contributed by atoms with Crippen LogP contribution in [0.2, 0.25) is 0 Å². The van der Waals surface area contributed by atoms with Crippen LogP contribution in [0.25, 0.3) is 0 Å². The highest BCUT2D eigenvalue weighted by Gasteiger charge is 2.30. The highest BCUT2D eigenvalue weighted by atomic mass is 32.2. The molecule has 8 nitrogen and oxygen atoms in total. The molecule has 0 aliphatic carbocycles. The lowest BCUT2D eigenvalue weighted by Gasteiger charge is -2.23. The van der Waals surface area contributed by atoms with Crippen molar-refractivity contribution in [2.24, 2.45) is 0 Å². The smallest absolute Gasteiger partial charge is 0.247 e. The number of sulfonamides is 1. The van der Waals surface area contributed by atoms with E-state index in [4.69, 9.17) is 14.2 Å². The van der Waals surface area contributed by atoms with E-state index in [0.717, 1.165) is 15.4 Å². The van der Waals surface area contributed by atoms with Crippen LogP contribution >= 0.6 is 0 Å². The number of carbonyl (C=O) groups is 1.